The Bertz CT molecular complexity index is 2980. The average molecular weight is 654 g/mol. The van der Waals surface area contributed by atoms with Gasteiger partial charge in [-0.25, -0.2) is 9.97 Å². The zero-order valence-corrected chi connectivity index (χ0v) is 29.1. The first-order valence-electron chi connectivity index (χ1n) is 17.9. The largest absolute Gasteiger partial charge is 0.292 e. The van der Waals surface area contributed by atoms with Gasteiger partial charge in [0.2, 0.25) is 0 Å². The maximum absolute atomic E-state index is 5.57. The Morgan fingerprint density at radius 3 is 1.86 bits per heavy atom. The molecule has 242 valence electrons. The number of nitrogens with zero attached hydrogens (tertiary/aromatic N) is 3. The van der Waals surface area contributed by atoms with Crippen molar-refractivity contribution in [2.45, 2.75) is 38.5 Å². The monoisotopic (exact) mass is 653 g/mol. The van der Waals surface area contributed by atoms with Gasteiger partial charge in [0, 0.05) is 27.2 Å². The lowest BCUT2D eigenvalue weighted by atomic mass is 9.80. The van der Waals surface area contributed by atoms with Crippen LogP contribution in [0.4, 0.5) is 0 Å². The molecule has 0 saturated heterocycles. The van der Waals surface area contributed by atoms with E-state index in [1.165, 1.54) is 71.6 Å². The molecule has 0 amide bonds. The van der Waals surface area contributed by atoms with Gasteiger partial charge in [0.1, 0.15) is 5.69 Å². The molecule has 0 aliphatic heterocycles. The van der Waals surface area contributed by atoms with Gasteiger partial charge in [0.15, 0.2) is 5.82 Å². The van der Waals surface area contributed by atoms with Crippen LogP contribution in [0.5, 0.6) is 0 Å². The summed E-state index contributed by atoms with van der Waals surface area (Å²) in [4.78, 5) is 11.1. The minimum Gasteiger partial charge on any atom is -0.292 e. The van der Waals surface area contributed by atoms with E-state index in [0.717, 1.165) is 33.6 Å². The summed E-state index contributed by atoms with van der Waals surface area (Å²) in [5.41, 5.74) is 16.4. The van der Waals surface area contributed by atoms with Crippen molar-refractivity contribution in [1.82, 2.24) is 14.5 Å². The highest BCUT2D eigenvalue weighted by Crippen LogP contribution is 2.56. The van der Waals surface area contributed by atoms with Crippen LogP contribution < -0.4 is 0 Å². The third-order valence-corrected chi connectivity index (χ3v) is 11.9. The van der Waals surface area contributed by atoms with Crippen LogP contribution in [0.25, 0.3) is 82.9 Å². The van der Waals surface area contributed by atoms with E-state index in [-0.39, 0.29) is 10.8 Å². The molecule has 0 N–H and O–H groups in total. The first-order chi connectivity index (χ1) is 24.8. The third kappa shape index (κ3) is 3.63. The highest BCUT2D eigenvalue weighted by atomic mass is 15.1. The fourth-order valence-corrected chi connectivity index (χ4v) is 9.60. The van der Waals surface area contributed by atoms with E-state index in [1.807, 2.05) is 0 Å². The van der Waals surface area contributed by atoms with Crippen LogP contribution in [0.15, 0.2) is 140 Å². The summed E-state index contributed by atoms with van der Waals surface area (Å²) in [5.74, 6) is 0.859. The molecule has 3 heteroatoms. The lowest BCUT2D eigenvalue weighted by Gasteiger charge is -2.25. The highest BCUT2D eigenvalue weighted by molar-refractivity contribution is 6.27. The van der Waals surface area contributed by atoms with E-state index in [2.05, 4.69) is 172 Å². The number of benzene rings is 7. The van der Waals surface area contributed by atoms with Gasteiger partial charge in [-0.3, -0.25) is 4.57 Å². The molecule has 7 aromatic carbocycles. The molecule has 0 radical (unpaired) electrons. The molecule has 51 heavy (non-hydrogen) atoms. The molecule has 0 bridgehead atoms. The molecule has 2 aromatic heterocycles. The highest BCUT2D eigenvalue weighted by Gasteiger charge is 2.41. The van der Waals surface area contributed by atoms with Crippen molar-refractivity contribution in [3.05, 3.63) is 162 Å². The summed E-state index contributed by atoms with van der Waals surface area (Å²) in [6, 6.07) is 50.9. The second-order valence-electron chi connectivity index (χ2n) is 15.4. The second kappa shape index (κ2) is 9.80. The minimum atomic E-state index is -0.242. The van der Waals surface area contributed by atoms with Crippen molar-refractivity contribution >= 4 is 43.6 Å². The van der Waals surface area contributed by atoms with Crippen LogP contribution in [-0.4, -0.2) is 14.5 Å². The molecule has 0 fully saturated rings. The summed E-state index contributed by atoms with van der Waals surface area (Å²) in [5, 5.41) is 5.06. The fourth-order valence-electron chi connectivity index (χ4n) is 9.60. The molecular formula is C48H35N3. The number of hydrogen-bond donors (Lipinski definition) is 0. The van der Waals surface area contributed by atoms with Crippen molar-refractivity contribution in [3.63, 3.8) is 0 Å². The molecule has 9 aromatic rings. The van der Waals surface area contributed by atoms with E-state index in [9.17, 15) is 0 Å². The van der Waals surface area contributed by atoms with Crippen LogP contribution in [0.2, 0.25) is 0 Å². The molecule has 0 saturated carbocycles. The van der Waals surface area contributed by atoms with E-state index in [1.54, 1.807) is 0 Å². The second-order valence-corrected chi connectivity index (χ2v) is 15.4. The van der Waals surface area contributed by atoms with E-state index in [0.29, 0.717) is 0 Å². The van der Waals surface area contributed by atoms with E-state index in [4.69, 9.17) is 9.97 Å². The van der Waals surface area contributed by atoms with Crippen molar-refractivity contribution in [2.24, 2.45) is 0 Å². The third-order valence-electron chi connectivity index (χ3n) is 11.9. The molecule has 11 rings (SSSR count). The first-order valence-corrected chi connectivity index (χ1v) is 17.9. The summed E-state index contributed by atoms with van der Waals surface area (Å²) in [6.45, 7) is 9.47. The lowest BCUT2D eigenvalue weighted by molar-refractivity contribution is 0.660. The number of rotatable bonds is 2. The maximum atomic E-state index is 5.57. The Labute approximate surface area is 296 Å². The molecule has 3 nitrogen and oxygen atoms in total. The van der Waals surface area contributed by atoms with Crippen LogP contribution in [0, 0.1) is 0 Å². The van der Waals surface area contributed by atoms with Gasteiger partial charge in [0.25, 0.3) is 0 Å². The molecule has 2 aliphatic rings. The average Bonchev–Trinajstić information content (AvgIpc) is 3.71. The van der Waals surface area contributed by atoms with Crippen LogP contribution in [-0.2, 0) is 10.8 Å². The molecule has 2 aliphatic carbocycles. The number of fused-ring (bicyclic) bond motifs is 14. The van der Waals surface area contributed by atoms with Gasteiger partial charge in [-0.15, -0.1) is 0 Å². The molecule has 0 atom stereocenters. The van der Waals surface area contributed by atoms with Crippen molar-refractivity contribution in [3.8, 4) is 39.3 Å². The Kier molecular flexibility index (Phi) is 5.52. The molecule has 0 unspecified atom stereocenters. The predicted molar refractivity (Wildman–Crippen MR) is 212 cm³/mol. The van der Waals surface area contributed by atoms with Gasteiger partial charge in [-0.1, -0.05) is 143 Å². The Morgan fingerprint density at radius 2 is 1.08 bits per heavy atom. The number of para-hydroxylation sites is 3. The van der Waals surface area contributed by atoms with Crippen molar-refractivity contribution in [1.29, 1.82) is 0 Å². The summed E-state index contributed by atoms with van der Waals surface area (Å²) < 4.78 is 2.45. The summed E-state index contributed by atoms with van der Waals surface area (Å²) in [6.07, 6.45) is 0. The van der Waals surface area contributed by atoms with Gasteiger partial charge < -0.3 is 0 Å². The van der Waals surface area contributed by atoms with Crippen LogP contribution in [0.1, 0.15) is 49.9 Å². The lowest BCUT2D eigenvalue weighted by Crippen LogP contribution is -2.17. The number of hydrogen-bond acceptors (Lipinski definition) is 2. The molecule has 0 spiro atoms. The van der Waals surface area contributed by atoms with Gasteiger partial charge in [-0.05, 0) is 79.5 Å². The molecular weight excluding hydrogens is 619 g/mol. The van der Waals surface area contributed by atoms with Crippen molar-refractivity contribution < 1.29 is 0 Å². The minimum absolute atomic E-state index is 0.130. The zero-order valence-electron chi connectivity index (χ0n) is 29.1. The number of aromatic nitrogens is 3. The standard InChI is InChI=1S/C48H35N3/c1-47(2)35-20-10-7-15-29(35)30-26-25-28(27-37(30)47)44-46(50-39-23-13-12-22-38(39)49-44)51-40-24-14-9-19-34(40)42-32-17-6-5-16-31(32)41-33-18-8-11-21-36(33)48(3,4)43(41)45(42)51/h5-27H,1-4H3. The summed E-state index contributed by atoms with van der Waals surface area (Å²) >= 11 is 0. The van der Waals surface area contributed by atoms with Crippen molar-refractivity contribution in [2.75, 3.05) is 0 Å². The Balaban J connectivity index is 1.31. The van der Waals surface area contributed by atoms with Crippen LogP contribution >= 0.6 is 0 Å². The van der Waals surface area contributed by atoms with E-state index >= 15 is 0 Å². The van der Waals surface area contributed by atoms with E-state index < -0.39 is 0 Å². The maximum Gasteiger partial charge on any atom is 0.165 e. The predicted octanol–water partition coefficient (Wildman–Crippen LogP) is 12.2. The van der Waals surface area contributed by atoms with Gasteiger partial charge in [-0.2, -0.15) is 0 Å². The normalized spacial score (nSPS) is 15.0. The summed E-state index contributed by atoms with van der Waals surface area (Å²) in [7, 11) is 0. The SMILES string of the molecule is CC1(C)c2ccccc2-c2ccc(-c3nc4ccccc4nc3-n3c4ccccc4c4c5ccccc5c5c(c43)C(C)(C)c3ccccc3-5)cc21. The Morgan fingerprint density at radius 1 is 0.490 bits per heavy atom. The van der Waals surface area contributed by atoms with Gasteiger partial charge >= 0.3 is 0 Å². The van der Waals surface area contributed by atoms with Gasteiger partial charge in [0.05, 0.1) is 22.1 Å². The molecule has 2 heterocycles. The topological polar surface area (TPSA) is 30.7 Å². The fraction of sp³-hybridized carbons (Fsp3) is 0.125. The Hall–Kier alpha value is -6.06. The smallest absolute Gasteiger partial charge is 0.165 e. The first kappa shape index (κ1) is 28.7. The zero-order chi connectivity index (χ0) is 34.2. The quantitative estimate of drug-likeness (QED) is 0.186. The van der Waals surface area contributed by atoms with Crippen LogP contribution in [0.3, 0.4) is 0 Å².